The van der Waals surface area contributed by atoms with E-state index in [-0.39, 0.29) is 0 Å². The van der Waals surface area contributed by atoms with Crippen molar-refractivity contribution in [2.75, 3.05) is 6.54 Å². The molecule has 1 aromatic carbocycles. The Morgan fingerprint density at radius 1 is 1.24 bits per heavy atom. The number of aliphatic hydroxyl groups excluding tert-OH is 1. The van der Waals surface area contributed by atoms with Crippen molar-refractivity contribution in [3.8, 4) is 5.69 Å². The summed E-state index contributed by atoms with van der Waals surface area (Å²) in [6.45, 7) is 2.00. The summed E-state index contributed by atoms with van der Waals surface area (Å²) in [6, 6.07) is 12.7. The monoisotopic (exact) mass is 337 g/mol. The van der Waals surface area contributed by atoms with Gasteiger partial charge in [-0.25, -0.2) is 4.98 Å². The van der Waals surface area contributed by atoms with Crippen LogP contribution in [-0.2, 0) is 6.54 Å². The van der Waals surface area contributed by atoms with Gasteiger partial charge in [-0.15, -0.1) is 0 Å². The van der Waals surface area contributed by atoms with E-state index in [0.717, 1.165) is 31.6 Å². The first-order chi connectivity index (χ1) is 12.3. The Bertz CT molecular complexity index is 766. The van der Waals surface area contributed by atoms with Crippen molar-refractivity contribution >= 4 is 0 Å². The molecular formula is C20H23N3O2. The maximum absolute atomic E-state index is 10.4. The number of furan rings is 1. The van der Waals surface area contributed by atoms with Gasteiger partial charge in [-0.05, 0) is 55.6 Å². The standard InChI is InChI=1S/C20H23N3O2/c24-19(20-4-2-12-25-20)13-18-3-1-10-22(18)14-16-5-7-17(8-6-16)23-11-9-21-15-23/h2,4-9,11-12,15,18-19,24H,1,3,10,13-14H2. The summed E-state index contributed by atoms with van der Waals surface area (Å²) in [6.07, 6.45) is 9.67. The number of benzene rings is 1. The van der Waals surface area contributed by atoms with Crippen LogP contribution in [0.25, 0.3) is 5.69 Å². The molecule has 3 heterocycles. The van der Waals surface area contributed by atoms with Crippen molar-refractivity contribution in [1.29, 1.82) is 0 Å². The zero-order chi connectivity index (χ0) is 17.1. The molecule has 1 N–H and O–H groups in total. The number of aromatic nitrogens is 2. The van der Waals surface area contributed by atoms with Gasteiger partial charge in [0.15, 0.2) is 0 Å². The van der Waals surface area contributed by atoms with Gasteiger partial charge in [0.25, 0.3) is 0 Å². The molecule has 25 heavy (non-hydrogen) atoms. The Labute approximate surface area is 147 Å². The molecule has 0 aliphatic carbocycles. The zero-order valence-electron chi connectivity index (χ0n) is 14.2. The minimum atomic E-state index is -0.524. The zero-order valence-corrected chi connectivity index (χ0v) is 14.2. The number of aliphatic hydroxyl groups is 1. The number of hydrogen-bond acceptors (Lipinski definition) is 4. The molecule has 4 rings (SSSR count). The van der Waals surface area contributed by atoms with Crippen LogP contribution in [0.3, 0.4) is 0 Å². The van der Waals surface area contributed by atoms with Gasteiger partial charge in [-0.1, -0.05) is 12.1 Å². The van der Waals surface area contributed by atoms with Crippen molar-refractivity contribution in [3.63, 3.8) is 0 Å². The molecule has 5 nitrogen and oxygen atoms in total. The van der Waals surface area contributed by atoms with Crippen LogP contribution in [0.2, 0.25) is 0 Å². The molecular weight excluding hydrogens is 314 g/mol. The highest BCUT2D eigenvalue weighted by atomic mass is 16.4. The fraction of sp³-hybridized carbons (Fsp3) is 0.350. The lowest BCUT2D eigenvalue weighted by Gasteiger charge is -2.26. The van der Waals surface area contributed by atoms with Gasteiger partial charge in [0.05, 0.1) is 12.6 Å². The van der Waals surface area contributed by atoms with Crippen LogP contribution in [-0.4, -0.2) is 32.1 Å². The summed E-state index contributed by atoms with van der Waals surface area (Å²) in [4.78, 5) is 6.56. The third-order valence-electron chi connectivity index (χ3n) is 4.99. The predicted molar refractivity (Wildman–Crippen MR) is 95.3 cm³/mol. The van der Waals surface area contributed by atoms with E-state index in [0.29, 0.717) is 11.8 Å². The van der Waals surface area contributed by atoms with Gasteiger partial charge in [0, 0.05) is 30.7 Å². The first-order valence-corrected chi connectivity index (χ1v) is 8.82. The largest absolute Gasteiger partial charge is 0.467 e. The predicted octanol–water partition coefficient (Wildman–Crippen LogP) is 3.55. The Balaban J connectivity index is 1.39. The Hall–Kier alpha value is -2.37. The summed E-state index contributed by atoms with van der Waals surface area (Å²) >= 11 is 0. The molecule has 2 atom stereocenters. The molecule has 2 unspecified atom stereocenters. The molecule has 2 aromatic heterocycles. The number of imidazole rings is 1. The highest BCUT2D eigenvalue weighted by Gasteiger charge is 2.27. The lowest BCUT2D eigenvalue weighted by atomic mass is 10.0. The SMILES string of the molecule is OC(CC1CCCN1Cc1ccc(-n2ccnc2)cc1)c1ccco1. The first-order valence-electron chi connectivity index (χ1n) is 8.82. The maximum atomic E-state index is 10.4. The molecule has 3 aromatic rings. The van der Waals surface area contributed by atoms with Crippen molar-refractivity contribution in [2.24, 2.45) is 0 Å². The number of nitrogens with zero attached hydrogens (tertiary/aromatic N) is 3. The minimum absolute atomic E-state index is 0.397. The lowest BCUT2D eigenvalue weighted by Crippen LogP contribution is -2.30. The van der Waals surface area contributed by atoms with Crippen LogP contribution in [0.15, 0.2) is 65.8 Å². The second kappa shape index (κ2) is 7.25. The molecule has 0 amide bonds. The molecule has 0 radical (unpaired) electrons. The third-order valence-corrected chi connectivity index (χ3v) is 4.99. The molecule has 1 fully saturated rings. The molecule has 1 aliphatic rings. The van der Waals surface area contributed by atoms with E-state index in [1.165, 1.54) is 12.0 Å². The van der Waals surface area contributed by atoms with Crippen LogP contribution in [0.1, 0.15) is 36.7 Å². The van der Waals surface area contributed by atoms with Crippen molar-refractivity contribution < 1.29 is 9.52 Å². The van der Waals surface area contributed by atoms with E-state index in [2.05, 4.69) is 34.1 Å². The molecule has 0 saturated carbocycles. The summed E-state index contributed by atoms with van der Waals surface area (Å²) in [5.74, 6) is 0.663. The quantitative estimate of drug-likeness (QED) is 0.747. The average Bonchev–Trinajstić information content (AvgIpc) is 3.39. The highest BCUT2D eigenvalue weighted by molar-refractivity contribution is 5.34. The molecule has 130 valence electrons. The van der Waals surface area contributed by atoms with E-state index >= 15 is 0 Å². The Morgan fingerprint density at radius 3 is 2.84 bits per heavy atom. The van der Waals surface area contributed by atoms with Crippen LogP contribution < -0.4 is 0 Å². The fourth-order valence-corrected chi connectivity index (χ4v) is 3.64. The average molecular weight is 337 g/mol. The normalized spacial score (nSPS) is 19.3. The summed E-state index contributed by atoms with van der Waals surface area (Å²) < 4.78 is 7.33. The summed E-state index contributed by atoms with van der Waals surface area (Å²) in [5, 5.41) is 10.4. The first kappa shape index (κ1) is 16.1. The number of rotatable bonds is 6. The van der Waals surface area contributed by atoms with Crippen molar-refractivity contribution in [2.45, 2.75) is 38.0 Å². The van der Waals surface area contributed by atoms with E-state index in [9.17, 15) is 5.11 Å². The second-order valence-corrected chi connectivity index (χ2v) is 6.67. The number of hydrogen-bond donors (Lipinski definition) is 1. The summed E-state index contributed by atoms with van der Waals surface area (Å²) in [5.41, 5.74) is 2.41. The van der Waals surface area contributed by atoms with Crippen LogP contribution >= 0.6 is 0 Å². The Kier molecular flexibility index (Phi) is 4.68. The van der Waals surface area contributed by atoms with Crippen LogP contribution in [0.4, 0.5) is 0 Å². The Morgan fingerprint density at radius 2 is 2.12 bits per heavy atom. The molecule has 5 heteroatoms. The smallest absolute Gasteiger partial charge is 0.132 e. The van der Waals surface area contributed by atoms with Gasteiger partial charge >= 0.3 is 0 Å². The van der Waals surface area contributed by atoms with Crippen LogP contribution in [0, 0.1) is 0 Å². The maximum Gasteiger partial charge on any atom is 0.132 e. The van der Waals surface area contributed by atoms with Crippen molar-refractivity contribution in [3.05, 3.63) is 72.7 Å². The lowest BCUT2D eigenvalue weighted by molar-refractivity contribution is 0.0995. The van der Waals surface area contributed by atoms with Crippen molar-refractivity contribution in [1.82, 2.24) is 14.5 Å². The van der Waals surface area contributed by atoms with E-state index in [4.69, 9.17) is 4.42 Å². The molecule has 1 saturated heterocycles. The fourth-order valence-electron chi connectivity index (χ4n) is 3.64. The van der Waals surface area contributed by atoms with E-state index in [1.54, 1.807) is 12.5 Å². The molecule has 0 spiro atoms. The highest BCUT2D eigenvalue weighted by Crippen LogP contribution is 2.29. The minimum Gasteiger partial charge on any atom is -0.467 e. The number of likely N-dealkylation sites (tertiary alicyclic amines) is 1. The van der Waals surface area contributed by atoms with Gasteiger partial charge in [-0.3, -0.25) is 4.90 Å². The van der Waals surface area contributed by atoms with E-state index < -0.39 is 6.10 Å². The topological polar surface area (TPSA) is 54.4 Å². The van der Waals surface area contributed by atoms with Gasteiger partial charge < -0.3 is 14.1 Å². The second-order valence-electron chi connectivity index (χ2n) is 6.67. The van der Waals surface area contributed by atoms with Gasteiger partial charge in [0.1, 0.15) is 11.9 Å². The third kappa shape index (κ3) is 3.67. The summed E-state index contributed by atoms with van der Waals surface area (Å²) in [7, 11) is 0. The van der Waals surface area contributed by atoms with Crippen LogP contribution in [0.5, 0.6) is 0 Å². The van der Waals surface area contributed by atoms with Gasteiger partial charge in [-0.2, -0.15) is 0 Å². The van der Waals surface area contributed by atoms with E-state index in [1.807, 2.05) is 29.2 Å². The molecule has 1 aliphatic heterocycles. The van der Waals surface area contributed by atoms with Gasteiger partial charge in [0.2, 0.25) is 0 Å². The molecule has 0 bridgehead atoms.